The van der Waals surface area contributed by atoms with Crippen LogP contribution < -0.4 is 11.1 Å². The maximum atomic E-state index is 11.2. The van der Waals surface area contributed by atoms with Crippen molar-refractivity contribution >= 4 is 11.7 Å². The van der Waals surface area contributed by atoms with Gasteiger partial charge in [0.05, 0.1) is 5.41 Å². The van der Waals surface area contributed by atoms with Crippen molar-refractivity contribution in [3.63, 3.8) is 0 Å². The minimum atomic E-state index is -0.417. The summed E-state index contributed by atoms with van der Waals surface area (Å²) >= 11 is 0. The Balaban J connectivity index is 2.29. The van der Waals surface area contributed by atoms with Crippen LogP contribution in [0, 0.1) is 0 Å². The fraction of sp³-hybridized carbons (Fsp3) is 0.400. The smallest absolute Gasteiger partial charge is 0.228 e. The molecule has 0 aliphatic heterocycles. The molecule has 1 aliphatic carbocycles. The molecule has 74 valence electrons. The van der Waals surface area contributed by atoms with Gasteiger partial charge in [0.2, 0.25) is 5.91 Å². The summed E-state index contributed by atoms with van der Waals surface area (Å²) in [6, 6.07) is 3.77. The first kappa shape index (κ1) is 8.99. The Morgan fingerprint density at radius 1 is 1.57 bits per heavy atom. The standard InChI is InChI=1S/C10H13N3O/c1-12-8-3-2-7(6-13-8)10(4-5-10)9(11)14/h2-3,6H,4-5H2,1H3,(H2,11,14)(H,12,13). The van der Waals surface area contributed by atoms with Crippen LogP contribution in [0.25, 0.3) is 0 Å². The van der Waals surface area contributed by atoms with Crippen LogP contribution in [0.15, 0.2) is 18.3 Å². The van der Waals surface area contributed by atoms with Gasteiger partial charge in [0, 0.05) is 13.2 Å². The molecule has 1 saturated carbocycles. The molecule has 3 N–H and O–H groups in total. The number of amides is 1. The van der Waals surface area contributed by atoms with Crippen molar-refractivity contribution in [2.75, 3.05) is 12.4 Å². The average Bonchev–Trinajstić information content (AvgIpc) is 2.99. The lowest BCUT2D eigenvalue weighted by atomic mass is 9.97. The van der Waals surface area contributed by atoms with E-state index in [9.17, 15) is 4.79 Å². The number of anilines is 1. The maximum Gasteiger partial charge on any atom is 0.228 e. The topological polar surface area (TPSA) is 68.0 Å². The number of nitrogens with zero attached hydrogens (tertiary/aromatic N) is 1. The number of nitrogens with one attached hydrogen (secondary N) is 1. The van der Waals surface area contributed by atoms with Gasteiger partial charge < -0.3 is 11.1 Å². The predicted molar refractivity (Wildman–Crippen MR) is 53.9 cm³/mol. The highest BCUT2D eigenvalue weighted by Gasteiger charge is 2.50. The molecule has 2 rings (SSSR count). The summed E-state index contributed by atoms with van der Waals surface area (Å²) in [5.74, 6) is 0.561. The van der Waals surface area contributed by atoms with Gasteiger partial charge in [0.1, 0.15) is 5.82 Å². The van der Waals surface area contributed by atoms with Gasteiger partial charge in [-0.1, -0.05) is 6.07 Å². The molecule has 1 heterocycles. The second-order valence-corrected chi connectivity index (χ2v) is 3.63. The number of hydrogen-bond donors (Lipinski definition) is 2. The second kappa shape index (κ2) is 2.97. The Bertz CT molecular complexity index is 354. The first-order valence-corrected chi connectivity index (χ1v) is 4.63. The van der Waals surface area contributed by atoms with E-state index in [0.29, 0.717) is 0 Å². The summed E-state index contributed by atoms with van der Waals surface area (Å²) in [7, 11) is 1.81. The quantitative estimate of drug-likeness (QED) is 0.736. The fourth-order valence-corrected chi connectivity index (χ4v) is 1.63. The van der Waals surface area contributed by atoms with Gasteiger partial charge >= 0.3 is 0 Å². The molecule has 0 bridgehead atoms. The number of nitrogens with two attached hydrogens (primary N) is 1. The van der Waals surface area contributed by atoms with Crippen LogP contribution in [-0.4, -0.2) is 17.9 Å². The molecule has 1 amide bonds. The maximum absolute atomic E-state index is 11.2. The summed E-state index contributed by atoms with van der Waals surface area (Å²) in [5, 5.41) is 2.93. The predicted octanol–water partition coefficient (Wildman–Crippen LogP) is 0.640. The van der Waals surface area contributed by atoms with E-state index in [0.717, 1.165) is 24.2 Å². The molecule has 1 aliphatic rings. The van der Waals surface area contributed by atoms with Crippen LogP contribution in [0.1, 0.15) is 18.4 Å². The zero-order chi connectivity index (χ0) is 10.2. The van der Waals surface area contributed by atoms with E-state index in [2.05, 4.69) is 10.3 Å². The molecule has 1 fully saturated rings. The number of aromatic nitrogens is 1. The van der Waals surface area contributed by atoms with Gasteiger partial charge in [-0.15, -0.1) is 0 Å². The Labute approximate surface area is 82.5 Å². The van der Waals surface area contributed by atoms with Gasteiger partial charge in [-0.2, -0.15) is 0 Å². The van der Waals surface area contributed by atoms with E-state index in [1.54, 1.807) is 6.20 Å². The van der Waals surface area contributed by atoms with Crippen LogP contribution >= 0.6 is 0 Å². The normalized spacial score (nSPS) is 17.5. The number of pyridine rings is 1. The zero-order valence-electron chi connectivity index (χ0n) is 8.08. The van der Waals surface area contributed by atoms with Gasteiger partial charge in [-0.25, -0.2) is 4.98 Å². The number of carbonyl (C=O) groups excluding carboxylic acids is 1. The van der Waals surface area contributed by atoms with Gasteiger partial charge in [-0.05, 0) is 24.5 Å². The van der Waals surface area contributed by atoms with Crippen LogP contribution in [-0.2, 0) is 10.2 Å². The number of rotatable bonds is 3. The molecule has 1 aromatic rings. The van der Waals surface area contributed by atoms with Crippen molar-refractivity contribution in [3.05, 3.63) is 23.9 Å². The first-order chi connectivity index (χ1) is 6.69. The highest BCUT2D eigenvalue weighted by Crippen LogP contribution is 2.47. The van der Waals surface area contributed by atoms with E-state index < -0.39 is 5.41 Å². The summed E-state index contributed by atoms with van der Waals surface area (Å²) in [5.41, 5.74) is 5.87. The van der Waals surface area contributed by atoms with Gasteiger partial charge in [-0.3, -0.25) is 4.79 Å². The Kier molecular flexibility index (Phi) is 1.91. The molecule has 14 heavy (non-hydrogen) atoms. The lowest BCUT2D eigenvalue weighted by Gasteiger charge is -2.10. The third kappa shape index (κ3) is 1.23. The van der Waals surface area contributed by atoms with Crippen molar-refractivity contribution < 1.29 is 4.79 Å². The summed E-state index contributed by atoms with van der Waals surface area (Å²) in [6.07, 6.45) is 3.43. The largest absolute Gasteiger partial charge is 0.373 e. The van der Waals surface area contributed by atoms with E-state index in [4.69, 9.17) is 5.73 Å². The van der Waals surface area contributed by atoms with Crippen molar-refractivity contribution in [2.45, 2.75) is 18.3 Å². The van der Waals surface area contributed by atoms with E-state index in [-0.39, 0.29) is 5.91 Å². The lowest BCUT2D eigenvalue weighted by Crippen LogP contribution is -2.28. The molecule has 0 radical (unpaired) electrons. The molecule has 1 aromatic heterocycles. The SMILES string of the molecule is CNc1ccc(C2(C(N)=O)CC2)cn1. The highest BCUT2D eigenvalue weighted by molar-refractivity contribution is 5.89. The molecular formula is C10H13N3O. The number of carbonyl (C=O) groups is 1. The highest BCUT2D eigenvalue weighted by atomic mass is 16.1. The molecule has 0 unspecified atom stereocenters. The molecule has 0 atom stereocenters. The van der Waals surface area contributed by atoms with E-state index in [1.807, 2.05) is 19.2 Å². The minimum Gasteiger partial charge on any atom is -0.373 e. The van der Waals surface area contributed by atoms with Crippen LogP contribution in [0.2, 0.25) is 0 Å². The molecule has 0 saturated heterocycles. The Hall–Kier alpha value is -1.58. The molecular weight excluding hydrogens is 178 g/mol. The third-order valence-corrected chi connectivity index (χ3v) is 2.79. The average molecular weight is 191 g/mol. The van der Waals surface area contributed by atoms with Gasteiger partial charge in [0.15, 0.2) is 0 Å². The summed E-state index contributed by atoms with van der Waals surface area (Å²) < 4.78 is 0. The zero-order valence-corrected chi connectivity index (χ0v) is 8.08. The van der Waals surface area contributed by atoms with Crippen molar-refractivity contribution in [1.29, 1.82) is 0 Å². The Morgan fingerprint density at radius 3 is 2.64 bits per heavy atom. The second-order valence-electron chi connectivity index (χ2n) is 3.63. The Morgan fingerprint density at radius 2 is 2.29 bits per heavy atom. The van der Waals surface area contributed by atoms with E-state index >= 15 is 0 Å². The summed E-state index contributed by atoms with van der Waals surface area (Å²) in [4.78, 5) is 15.4. The van der Waals surface area contributed by atoms with Crippen molar-refractivity contribution in [1.82, 2.24) is 4.98 Å². The monoisotopic (exact) mass is 191 g/mol. The molecule has 4 nitrogen and oxygen atoms in total. The number of hydrogen-bond acceptors (Lipinski definition) is 3. The van der Waals surface area contributed by atoms with Crippen molar-refractivity contribution in [2.24, 2.45) is 5.73 Å². The van der Waals surface area contributed by atoms with Crippen LogP contribution in [0.5, 0.6) is 0 Å². The van der Waals surface area contributed by atoms with Crippen molar-refractivity contribution in [3.8, 4) is 0 Å². The third-order valence-electron chi connectivity index (χ3n) is 2.79. The number of primary amides is 1. The van der Waals surface area contributed by atoms with Crippen LogP contribution in [0.3, 0.4) is 0 Å². The molecule has 0 aromatic carbocycles. The van der Waals surface area contributed by atoms with E-state index in [1.165, 1.54) is 0 Å². The lowest BCUT2D eigenvalue weighted by molar-refractivity contribution is -0.120. The fourth-order valence-electron chi connectivity index (χ4n) is 1.63. The molecule has 4 heteroatoms. The first-order valence-electron chi connectivity index (χ1n) is 4.63. The summed E-state index contributed by atoms with van der Waals surface area (Å²) in [6.45, 7) is 0. The van der Waals surface area contributed by atoms with Crippen LogP contribution in [0.4, 0.5) is 5.82 Å². The molecule has 0 spiro atoms. The minimum absolute atomic E-state index is 0.239. The van der Waals surface area contributed by atoms with Gasteiger partial charge in [0.25, 0.3) is 0 Å².